The molecule has 13 heavy (non-hydrogen) atoms. The summed E-state index contributed by atoms with van der Waals surface area (Å²) in [6.07, 6.45) is 8.64. The number of halogens is 1. The van der Waals surface area contributed by atoms with Crippen LogP contribution in [-0.2, 0) is 0 Å². The lowest BCUT2D eigenvalue weighted by Crippen LogP contribution is -2.35. The van der Waals surface area contributed by atoms with Gasteiger partial charge in [0.05, 0.1) is 0 Å². The first-order valence-electron chi connectivity index (χ1n) is 5.75. The van der Waals surface area contributed by atoms with Crippen LogP contribution in [0.15, 0.2) is 0 Å². The minimum atomic E-state index is 0.815. The van der Waals surface area contributed by atoms with E-state index in [0.29, 0.717) is 0 Å². The van der Waals surface area contributed by atoms with Gasteiger partial charge in [0.15, 0.2) is 0 Å². The molecule has 0 aromatic carbocycles. The van der Waals surface area contributed by atoms with Gasteiger partial charge in [-0.15, -0.1) is 0 Å². The highest BCUT2D eigenvalue weighted by Gasteiger charge is 2.46. The molecule has 1 N–H and O–H groups in total. The Balaban J connectivity index is 1.77. The van der Waals surface area contributed by atoms with Gasteiger partial charge in [-0.1, -0.05) is 22.4 Å². The van der Waals surface area contributed by atoms with Gasteiger partial charge in [-0.25, -0.2) is 0 Å². The third kappa shape index (κ3) is 1.37. The van der Waals surface area contributed by atoms with E-state index >= 15 is 0 Å². The molecule has 0 radical (unpaired) electrons. The maximum Gasteiger partial charge on any atom is 0.0149 e. The van der Waals surface area contributed by atoms with Gasteiger partial charge in [-0.05, 0) is 43.9 Å². The fraction of sp³-hybridized carbons (Fsp3) is 1.00. The van der Waals surface area contributed by atoms with E-state index in [9.17, 15) is 0 Å². The van der Waals surface area contributed by atoms with Crippen molar-refractivity contribution in [1.82, 2.24) is 5.32 Å². The normalized spacial score (nSPS) is 54.7. The Morgan fingerprint density at radius 3 is 2.69 bits per heavy atom. The topological polar surface area (TPSA) is 12.0 Å². The van der Waals surface area contributed by atoms with Crippen LogP contribution in [0.1, 0.15) is 38.5 Å². The first kappa shape index (κ1) is 8.72. The third-order valence-electron chi connectivity index (χ3n) is 4.38. The number of fused-ring (bicyclic) bond motifs is 3. The van der Waals surface area contributed by atoms with Gasteiger partial charge in [0.25, 0.3) is 0 Å². The summed E-state index contributed by atoms with van der Waals surface area (Å²) in [5.41, 5.74) is 0. The van der Waals surface area contributed by atoms with Crippen molar-refractivity contribution in [2.75, 3.05) is 0 Å². The zero-order valence-electron chi connectivity index (χ0n) is 8.01. The van der Waals surface area contributed by atoms with Crippen LogP contribution in [0, 0.1) is 11.8 Å². The standard InChI is InChI=1S/C11H18BrN/c12-7-4-5-11-9(6-7)8-2-1-3-10(8)13-11/h7-11,13H,1-6H2. The Morgan fingerprint density at radius 1 is 0.923 bits per heavy atom. The molecule has 74 valence electrons. The number of rotatable bonds is 0. The molecule has 1 nitrogen and oxygen atoms in total. The molecule has 1 aliphatic heterocycles. The summed E-state index contributed by atoms with van der Waals surface area (Å²) >= 11 is 3.79. The van der Waals surface area contributed by atoms with Crippen molar-refractivity contribution in [1.29, 1.82) is 0 Å². The van der Waals surface area contributed by atoms with E-state index in [1.807, 2.05) is 0 Å². The Labute approximate surface area is 88.8 Å². The van der Waals surface area contributed by atoms with E-state index in [2.05, 4.69) is 21.2 Å². The van der Waals surface area contributed by atoms with Crippen molar-refractivity contribution in [2.24, 2.45) is 11.8 Å². The van der Waals surface area contributed by atoms with Crippen LogP contribution in [0.25, 0.3) is 0 Å². The van der Waals surface area contributed by atoms with E-state index in [-0.39, 0.29) is 0 Å². The minimum absolute atomic E-state index is 0.815. The summed E-state index contributed by atoms with van der Waals surface area (Å²) in [7, 11) is 0. The van der Waals surface area contributed by atoms with Gasteiger partial charge in [-0.2, -0.15) is 0 Å². The second-order valence-corrected chi connectivity index (χ2v) is 6.34. The molecule has 0 aromatic rings. The van der Waals surface area contributed by atoms with E-state index in [0.717, 1.165) is 28.7 Å². The summed E-state index contributed by atoms with van der Waals surface area (Å²) in [4.78, 5) is 0.815. The maximum absolute atomic E-state index is 3.85. The highest BCUT2D eigenvalue weighted by molar-refractivity contribution is 9.09. The van der Waals surface area contributed by atoms with Gasteiger partial charge in [0.2, 0.25) is 0 Å². The van der Waals surface area contributed by atoms with E-state index in [4.69, 9.17) is 0 Å². The summed E-state index contributed by atoms with van der Waals surface area (Å²) < 4.78 is 0. The van der Waals surface area contributed by atoms with E-state index < -0.39 is 0 Å². The van der Waals surface area contributed by atoms with E-state index in [1.165, 1.54) is 38.5 Å². The lowest BCUT2D eigenvalue weighted by molar-refractivity contribution is 0.277. The molecule has 2 saturated carbocycles. The quantitative estimate of drug-likeness (QED) is 0.646. The molecule has 0 aromatic heterocycles. The summed E-state index contributed by atoms with van der Waals surface area (Å²) in [6.45, 7) is 0. The van der Waals surface area contributed by atoms with Gasteiger partial charge >= 0.3 is 0 Å². The fourth-order valence-electron chi connectivity index (χ4n) is 3.82. The average molecular weight is 244 g/mol. The average Bonchev–Trinajstić information content (AvgIpc) is 2.64. The Hall–Kier alpha value is 0.440. The monoisotopic (exact) mass is 243 g/mol. The number of alkyl halides is 1. The van der Waals surface area contributed by atoms with Crippen molar-refractivity contribution in [3.05, 3.63) is 0 Å². The lowest BCUT2D eigenvalue weighted by Gasteiger charge is -2.31. The SMILES string of the molecule is BrC1CCC2NC3CCCC3C2C1. The predicted molar refractivity (Wildman–Crippen MR) is 58.1 cm³/mol. The highest BCUT2D eigenvalue weighted by atomic mass is 79.9. The molecule has 1 saturated heterocycles. The molecule has 3 rings (SSSR count). The molecule has 5 atom stereocenters. The smallest absolute Gasteiger partial charge is 0.0149 e. The van der Waals surface area contributed by atoms with Crippen LogP contribution in [0.4, 0.5) is 0 Å². The van der Waals surface area contributed by atoms with Crippen molar-refractivity contribution in [3.8, 4) is 0 Å². The first-order chi connectivity index (χ1) is 6.34. The van der Waals surface area contributed by atoms with Crippen molar-refractivity contribution in [3.63, 3.8) is 0 Å². The second kappa shape index (κ2) is 3.23. The first-order valence-corrected chi connectivity index (χ1v) is 6.66. The highest BCUT2D eigenvalue weighted by Crippen LogP contribution is 2.46. The minimum Gasteiger partial charge on any atom is -0.311 e. The molecular formula is C11H18BrN. The predicted octanol–water partition coefficient (Wildman–Crippen LogP) is 2.69. The van der Waals surface area contributed by atoms with E-state index in [1.54, 1.807) is 0 Å². The molecule has 0 amide bonds. The molecule has 2 aliphatic carbocycles. The Morgan fingerprint density at radius 2 is 1.77 bits per heavy atom. The van der Waals surface area contributed by atoms with Crippen molar-refractivity contribution < 1.29 is 0 Å². The van der Waals surface area contributed by atoms with Crippen LogP contribution >= 0.6 is 15.9 Å². The van der Waals surface area contributed by atoms with Crippen molar-refractivity contribution >= 4 is 15.9 Å². The van der Waals surface area contributed by atoms with Gasteiger partial charge in [0, 0.05) is 16.9 Å². The van der Waals surface area contributed by atoms with Crippen LogP contribution in [-0.4, -0.2) is 16.9 Å². The second-order valence-electron chi connectivity index (χ2n) is 5.05. The van der Waals surface area contributed by atoms with Crippen LogP contribution in [0.2, 0.25) is 0 Å². The number of hydrogen-bond donors (Lipinski definition) is 1. The molecule has 3 aliphatic rings. The summed E-state index contributed by atoms with van der Waals surface area (Å²) in [5.74, 6) is 2.04. The maximum atomic E-state index is 3.85. The molecule has 2 heteroatoms. The van der Waals surface area contributed by atoms with Gasteiger partial charge in [0.1, 0.15) is 0 Å². The molecule has 0 spiro atoms. The van der Waals surface area contributed by atoms with Gasteiger partial charge < -0.3 is 5.32 Å². The molecule has 1 heterocycles. The Kier molecular flexibility index (Phi) is 2.17. The Bertz CT molecular complexity index is 206. The van der Waals surface area contributed by atoms with Crippen LogP contribution in [0.3, 0.4) is 0 Å². The fourth-order valence-corrected chi connectivity index (χ4v) is 4.51. The largest absolute Gasteiger partial charge is 0.311 e. The third-order valence-corrected chi connectivity index (χ3v) is 5.21. The van der Waals surface area contributed by atoms with Gasteiger partial charge in [-0.3, -0.25) is 0 Å². The van der Waals surface area contributed by atoms with Crippen LogP contribution < -0.4 is 5.32 Å². The number of nitrogens with one attached hydrogen (secondary N) is 1. The zero-order valence-corrected chi connectivity index (χ0v) is 9.59. The lowest BCUT2D eigenvalue weighted by atomic mass is 9.79. The molecule has 5 unspecified atom stereocenters. The summed E-state index contributed by atoms with van der Waals surface area (Å²) in [6, 6.07) is 1.77. The summed E-state index contributed by atoms with van der Waals surface area (Å²) in [5, 5.41) is 3.85. The zero-order chi connectivity index (χ0) is 8.84. The molecular weight excluding hydrogens is 226 g/mol. The number of hydrogen-bond acceptors (Lipinski definition) is 1. The molecule has 0 bridgehead atoms. The van der Waals surface area contributed by atoms with Crippen LogP contribution in [0.5, 0.6) is 0 Å². The van der Waals surface area contributed by atoms with Crippen molar-refractivity contribution in [2.45, 2.75) is 55.4 Å². The molecule has 3 fully saturated rings.